The summed E-state index contributed by atoms with van der Waals surface area (Å²) in [4.78, 5) is 14.1. The first-order chi connectivity index (χ1) is 6.43. The van der Waals surface area contributed by atoms with Crippen LogP contribution in [0.25, 0.3) is 0 Å². The third-order valence-electron chi connectivity index (χ3n) is 4.23. The Hall–Kier alpha value is -0.370. The lowest BCUT2D eigenvalue weighted by atomic mass is 9.90. The Morgan fingerprint density at radius 1 is 1.36 bits per heavy atom. The van der Waals surface area contributed by atoms with Crippen molar-refractivity contribution in [3.05, 3.63) is 0 Å². The Bertz CT molecular complexity index is 259. The molecule has 1 aliphatic heterocycles. The summed E-state index contributed by atoms with van der Waals surface area (Å²) in [5.74, 6) is 0.687. The zero-order chi connectivity index (χ0) is 10.5. The molecule has 0 spiro atoms. The number of carbonyl (C=O) groups is 1. The molecule has 80 valence electrons. The first-order valence-corrected chi connectivity index (χ1v) is 5.72. The highest BCUT2D eigenvalue weighted by Crippen LogP contribution is 2.50. The minimum absolute atomic E-state index is 0.236. The van der Waals surface area contributed by atoms with Crippen LogP contribution in [-0.4, -0.2) is 29.3 Å². The van der Waals surface area contributed by atoms with Crippen LogP contribution in [0.4, 0.5) is 0 Å². The Morgan fingerprint density at radius 2 is 1.93 bits per heavy atom. The molecule has 1 aliphatic carbocycles. The van der Waals surface area contributed by atoms with Gasteiger partial charge in [-0.25, -0.2) is 0 Å². The molecule has 0 amide bonds. The molecule has 0 N–H and O–H groups in total. The van der Waals surface area contributed by atoms with Crippen molar-refractivity contribution >= 4 is 5.78 Å². The predicted molar refractivity (Wildman–Crippen MR) is 57.1 cm³/mol. The number of likely N-dealkylation sites (tertiary alicyclic amines) is 1. The second-order valence-electron chi connectivity index (χ2n) is 5.69. The minimum Gasteiger partial charge on any atom is -0.299 e. The molecule has 1 saturated carbocycles. The molecule has 0 aromatic rings. The number of hydrogen-bond acceptors (Lipinski definition) is 2. The number of rotatable bonds is 1. The number of hydrogen-bond donors (Lipinski definition) is 0. The van der Waals surface area contributed by atoms with Crippen molar-refractivity contribution in [1.29, 1.82) is 0 Å². The molecule has 0 bridgehead atoms. The zero-order valence-corrected chi connectivity index (χ0v) is 9.71. The predicted octanol–water partition coefficient (Wildman–Crippen LogP) is 2.08. The van der Waals surface area contributed by atoms with Gasteiger partial charge in [-0.05, 0) is 18.8 Å². The standard InChI is InChI=1S/C12H21NO/c1-8-9(2)13(6-5-10(8)14)11-7-12(11,3)4/h8-9,11H,5-7H2,1-4H3. The molecule has 2 fully saturated rings. The topological polar surface area (TPSA) is 20.3 Å². The maximum atomic E-state index is 11.5. The number of Topliss-reactive ketones (excluding diaryl/α,β-unsaturated/α-hetero) is 1. The van der Waals surface area contributed by atoms with Gasteiger partial charge in [-0.15, -0.1) is 0 Å². The van der Waals surface area contributed by atoms with E-state index in [1.54, 1.807) is 0 Å². The maximum absolute atomic E-state index is 11.5. The first-order valence-electron chi connectivity index (χ1n) is 5.72. The fourth-order valence-corrected chi connectivity index (χ4v) is 2.67. The van der Waals surface area contributed by atoms with E-state index in [0.717, 1.165) is 19.0 Å². The molecule has 2 rings (SSSR count). The smallest absolute Gasteiger partial charge is 0.138 e. The number of nitrogens with zero attached hydrogens (tertiary/aromatic N) is 1. The lowest BCUT2D eigenvalue weighted by Gasteiger charge is -2.38. The highest BCUT2D eigenvalue weighted by molar-refractivity contribution is 5.82. The molecule has 14 heavy (non-hydrogen) atoms. The van der Waals surface area contributed by atoms with Crippen molar-refractivity contribution in [3.63, 3.8) is 0 Å². The summed E-state index contributed by atoms with van der Waals surface area (Å²) in [5.41, 5.74) is 0.494. The summed E-state index contributed by atoms with van der Waals surface area (Å²) in [6, 6.07) is 1.18. The van der Waals surface area contributed by atoms with Gasteiger partial charge < -0.3 is 0 Å². The van der Waals surface area contributed by atoms with Crippen LogP contribution in [0.1, 0.15) is 40.5 Å². The van der Waals surface area contributed by atoms with E-state index in [0.29, 0.717) is 17.2 Å². The summed E-state index contributed by atoms with van der Waals surface area (Å²) in [7, 11) is 0. The van der Waals surface area contributed by atoms with Crippen LogP contribution in [0.2, 0.25) is 0 Å². The lowest BCUT2D eigenvalue weighted by Crippen LogP contribution is -2.48. The molecular formula is C12H21NO. The zero-order valence-electron chi connectivity index (χ0n) is 9.71. The number of piperidine rings is 1. The summed E-state index contributed by atoms with van der Waals surface area (Å²) in [6.07, 6.45) is 2.07. The molecule has 0 aromatic heterocycles. The van der Waals surface area contributed by atoms with E-state index in [1.807, 2.05) is 0 Å². The van der Waals surface area contributed by atoms with E-state index in [2.05, 4.69) is 32.6 Å². The summed E-state index contributed by atoms with van der Waals surface area (Å²) < 4.78 is 0. The van der Waals surface area contributed by atoms with E-state index in [1.165, 1.54) is 6.42 Å². The Labute approximate surface area is 86.7 Å². The highest BCUT2D eigenvalue weighted by Gasteiger charge is 2.52. The molecular weight excluding hydrogens is 174 g/mol. The van der Waals surface area contributed by atoms with Gasteiger partial charge in [0.2, 0.25) is 0 Å². The Morgan fingerprint density at radius 3 is 2.43 bits per heavy atom. The van der Waals surface area contributed by atoms with Crippen molar-refractivity contribution in [3.8, 4) is 0 Å². The molecule has 2 heteroatoms. The summed E-state index contributed by atoms with van der Waals surface area (Å²) in [5, 5.41) is 0. The second kappa shape index (κ2) is 3.06. The second-order valence-corrected chi connectivity index (χ2v) is 5.69. The average Bonchev–Trinajstić information content (AvgIpc) is 2.71. The van der Waals surface area contributed by atoms with Gasteiger partial charge in [0.1, 0.15) is 5.78 Å². The number of carbonyl (C=O) groups excluding carboxylic acids is 1. The van der Waals surface area contributed by atoms with Crippen LogP contribution >= 0.6 is 0 Å². The molecule has 1 heterocycles. The molecule has 3 atom stereocenters. The van der Waals surface area contributed by atoms with Crippen LogP contribution in [-0.2, 0) is 4.79 Å². The molecule has 1 saturated heterocycles. The van der Waals surface area contributed by atoms with Crippen molar-refractivity contribution in [1.82, 2.24) is 4.90 Å². The van der Waals surface area contributed by atoms with Gasteiger partial charge in [-0.3, -0.25) is 9.69 Å². The lowest BCUT2D eigenvalue weighted by molar-refractivity contribution is -0.128. The van der Waals surface area contributed by atoms with E-state index >= 15 is 0 Å². The van der Waals surface area contributed by atoms with Gasteiger partial charge in [-0.1, -0.05) is 20.8 Å². The number of ketones is 1. The van der Waals surface area contributed by atoms with Crippen LogP contribution in [0, 0.1) is 11.3 Å². The average molecular weight is 195 g/mol. The summed E-state index contributed by atoms with van der Waals surface area (Å²) in [6.45, 7) is 9.92. The van der Waals surface area contributed by atoms with Crippen molar-refractivity contribution < 1.29 is 4.79 Å². The first kappa shape index (κ1) is 10.2. The fraction of sp³-hybridized carbons (Fsp3) is 0.917. The van der Waals surface area contributed by atoms with Gasteiger partial charge in [0, 0.05) is 31.0 Å². The molecule has 2 nitrogen and oxygen atoms in total. The van der Waals surface area contributed by atoms with Crippen LogP contribution < -0.4 is 0 Å². The third kappa shape index (κ3) is 1.50. The van der Waals surface area contributed by atoms with Crippen molar-refractivity contribution in [2.45, 2.75) is 52.6 Å². The van der Waals surface area contributed by atoms with Crippen LogP contribution in [0.15, 0.2) is 0 Å². The summed E-state index contributed by atoms with van der Waals surface area (Å²) >= 11 is 0. The SMILES string of the molecule is CC1C(=O)CCN(C2CC2(C)C)C1C. The maximum Gasteiger partial charge on any atom is 0.138 e. The molecule has 0 aromatic carbocycles. The molecule has 2 aliphatic rings. The van der Waals surface area contributed by atoms with Crippen molar-refractivity contribution in [2.75, 3.05) is 6.54 Å². The molecule has 0 radical (unpaired) electrons. The Kier molecular flexibility index (Phi) is 2.22. The molecule has 3 unspecified atom stereocenters. The van der Waals surface area contributed by atoms with E-state index in [-0.39, 0.29) is 5.92 Å². The van der Waals surface area contributed by atoms with Gasteiger partial charge in [-0.2, -0.15) is 0 Å². The fourth-order valence-electron chi connectivity index (χ4n) is 2.67. The normalized spacial score (nSPS) is 42.6. The van der Waals surface area contributed by atoms with Gasteiger partial charge in [0.25, 0.3) is 0 Å². The van der Waals surface area contributed by atoms with E-state index in [4.69, 9.17) is 0 Å². The van der Waals surface area contributed by atoms with Gasteiger partial charge in [0.05, 0.1) is 0 Å². The minimum atomic E-state index is 0.236. The van der Waals surface area contributed by atoms with Crippen LogP contribution in [0.3, 0.4) is 0 Å². The third-order valence-corrected chi connectivity index (χ3v) is 4.23. The van der Waals surface area contributed by atoms with Gasteiger partial charge >= 0.3 is 0 Å². The Balaban J connectivity index is 2.04. The van der Waals surface area contributed by atoms with E-state index in [9.17, 15) is 4.79 Å². The van der Waals surface area contributed by atoms with E-state index < -0.39 is 0 Å². The van der Waals surface area contributed by atoms with Crippen LogP contribution in [0.5, 0.6) is 0 Å². The largest absolute Gasteiger partial charge is 0.299 e. The van der Waals surface area contributed by atoms with Gasteiger partial charge in [0.15, 0.2) is 0 Å². The quantitative estimate of drug-likeness (QED) is 0.638. The van der Waals surface area contributed by atoms with Crippen molar-refractivity contribution in [2.24, 2.45) is 11.3 Å². The highest BCUT2D eigenvalue weighted by atomic mass is 16.1. The monoisotopic (exact) mass is 195 g/mol.